The van der Waals surface area contributed by atoms with Crippen molar-refractivity contribution in [3.8, 4) is 11.4 Å². The summed E-state index contributed by atoms with van der Waals surface area (Å²) in [5.74, 6) is 1.86. The van der Waals surface area contributed by atoms with E-state index in [1.165, 1.54) is 11.8 Å². The number of nitrogens with zero attached hydrogens (tertiary/aromatic N) is 3. The number of hydrogen-bond donors (Lipinski definition) is 1. The molecule has 148 valence electrons. The average Bonchev–Trinajstić information content (AvgIpc) is 3.44. The molecular weight excluding hydrogens is 452 g/mol. The van der Waals surface area contributed by atoms with Crippen LogP contribution in [0, 0.1) is 13.8 Å². The third-order valence-electron chi connectivity index (χ3n) is 4.69. The van der Waals surface area contributed by atoms with Crippen LogP contribution in [-0.4, -0.2) is 31.3 Å². The number of furan rings is 1. The van der Waals surface area contributed by atoms with Gasteiger partial charge in [-0.3, -0.25) is 9.89 Å². The van der Waals surface area contributed by atoms with Crippen LogP contribution in [0.15, 0.2) is 62.8 Å². The Hall–Kier alpha value is -2.58. The number of Topliss-reactive ketones (excluding diaryl/α,β-unsaturated/α-hetero) is 1. The van der Waals surface area contributed by atoms with Crippen molar-refractivity contribution in [3.63, 3.8) is 0 Å². The number of rotatable bonds is 7. The van der Waals surface area contributed by atoms with Gasteiger partial charge in [0.2, 0.25) is 5.16 Å². The summed E-state index contributed by atoms with van der Waals surface area (Å²) in [4.78, 5) is 17.3. The minimum Gasteiger partial charge on any atom is -0.467 e. The average molecular weight is 471 g/mol. The van der Waals surface area contributed by atoms with Gasteiger partial charge in [0.05, 0.1) is 18.6 Å². The third kappa shape index (κ3) is 4.23. The summed E-state index contributed by atoms with van der Waals surface area (Å²) in [6.07, 6.45) is 1.66. The van der Waals surface area contributed by atoms with E-state index < -0.39 is 0 Å². The third-order valence-corrected chi connectivity index (χ3v) is 6.23. The first-order chi connectivity index (χ1) is 14.0. The molecule has 0 fully saturated rings. The first kappa shape index (κ1) is 19.7. The van der Waals surface area contributed by atoms with Crippen molar-refractivity contribution in [3.05, 3.63) is 75.9 Å². The molecule has 0 atom stereocenters. The molecule has 0 radical (unpaired) electrons. The molecule has 0 spiro atoms. The predicted octanol–water partition coefficient (Wildman–Crippen LogP) is 5.27. The summed E-state index contributed by atoms with van der Waals surface area (Å²) in [6.45, 7) is 4.58. The van der Waals surface area contributed by atoms with Crippen LogP contribution < -0.4 is 0 Å². The lowest BCUT2D eigenvalue weighted by molar-refractivity contribution is 0.102. The van der Waals surface area contributed by atoms with E-state index in [1.807, 2.05) is 56.3 Å². The van der Waals surface area contributed by atoms with Crippen LogP contribution in [0.1, 0.15) is 27.5 Å². The van der Waals surface area contributed by atoms with Crippen LogP contribution in [0.25, 0.3) is 11.4 Å². The molecule has 4 rings (SSSR count). The molecule has 0 aliphatic rings. The van der Waals surface area contributed by atoms with Crippen molar-refractivity contribution in [2.24, 2.45) is 0 Å². The van der Waals surface area contributed by atoms with Crippen molar-refractivity contribution < 1.29 is 9.21 Å². The summed E-state index contributed by atoms with van der Waals surface area (Å²) >= 11 is 4.84. The Labute approximate surface area is 180 Å². The summed E-state index contributed by atoms with van der Waals surface area (Å²) < 4.78 is 8.47. The first-order valence-electron chi connectivity index (χ1n) is 9.05. The quantitative estimate of drug-likeness (QED) is 0.294. The second-order valence-corrected chi connectivity index (χ2v) is 8.41. The number of H-pyrrole nitrogens is 1. The Morgan fingerprint density at radius 1 is 1.24 bits per heavy atom. The molecule has 29 heavy (non-hydrogen) atoms. The summed E-state index contributed by atoms with van der Waals surface area (Å²) in [6, 6.07) is 13.5. The molecule has 3 heterocycles. The van der Waals surface area contributed by atoms with Gasteiger partial charge < -0.3 is 8.98 Å². The lowest BCUT2D eigenvalue weighted by Crippen LogP contribution is -2.07. The van der Waals surface area contributed by atoms with Gasteiger partial charge in [0.25, 0.3) is 0 Å². The molecule has 0 aliphatic carbocycles. The lowest BCUT2D eigenvalue weighted by atomic mass is 10.2. The number of nitrogens with one attached hydrogen (secondary N) is 1. The first-order valence-corrected chi connectivity index (χ1v) is 10.8. The summed E-state index contributed by atoms with van der Waals surface area (Å²) in [5.41, 5.74) is 3.62. The molecule has 1 aromatic carbocycles. The van der Waals surface area contributed by atoms with Gasteiger partial charge >= 0.3 is 0 Å². The highest BCUT2D eigenvalue weighted by molar-refractivity contribution is 9.10. The van der Waals surface area contributed by atoms with Crippen LogP contribution in [0.4, 0.5) is 0 Å². The number of aromatic nitrogens is 4. The normalized spacial score (nSPS) is 11.1. The molecule has 0 aliphatic heterocycles. The number of hydrogen-bond acceptors (Lipinski definition) is 5. The maximum absolute atomic E-state index is 12.8. The molecule has 0 bridgehead atoms. The molecule has 0 saturated carbocycles. The zero-order valence-electron chi connectivity index (χ0n) is 16.0. The van der Waals surface area contributed by atoms with Crippen molar-refractivity contribution in [2.45, 2.75) is 25.5 Å². The highest BCUT2D eigenvalue weighted by atomic mass is 79.9. The number of aryl methyl sites for hydroxylation is 1. The minimum absolute atomic E-state index is 0.0565. The smallest absolute Gasteiger partial charge is 0.209 e. The van der Waals surface area contributed by atoms with Crippen LogP contribution in [-0.2, 0) is 6.54 Å². The topological polar surface area (TPSA) is 76.7 Å². The second kappa shape index (κ2) is 8.42. The Balaban J connectivity index is 1.45. The highest BCUT2D eigenvalue weighted by Crippen LogP contribution is 2.27. The lowest BCUT2D eigenvalue weighted by Gasteiger charge is -2.07. The molecule has 0 amide bonds. The Kier molecular flexibility index (Phi) is 5.73. The zero-order valence-corrected chi connectivity index (χ0v) is 18.4. The Bertz CT molecular complexity index is 1150. The van der Waals surface area contributed by atoms with Gasteiger partial charge in [0.1, 0.15) is 5.76 Å². The molecule has 1 N–H and O–H groups in total. The van der Waals surface area contributed by atoms with Gasteiger partial charge in [-0.2, -0.15) is 0 Å². The monoisotopic (exact) mass is 470 g/mol. The van der Waals surface area contributed by atoms with Crippen LogP contribution in [0.2, 0.25) is 0 Å². The maximum Gasteiger partial charge on any atom is 0.209 e. The van der Waals surface area contributed by atoms with Crippen LogP contribution >= 0.6 is 27.7 Å². The van der Waals surface area contributed by atoms with E-state index in [9.17, 15) is 4.79 Å². The maximum atomic E-state index is 12.8. The van der Waals surface area contributed by atoms with Crippen molar-refractivity contribution >= 4 is 33.5 Å². The summed E-state index contributed by atoms with van der Waals surface area (Å²) in [7, 11) is 0. The highest BCUT2D eigenvalue weighted by Gasteiger charge is 2.18. The molecule has 0 unspecified atom stereocenters. The van der Waals surface area contributed by atoms with E-state index in [-0.39, 0.29) is 11.5 Å². The fourth-order valence-corrected chi connectivity index (χ4v) is 4.33. The Morgan fingerprint density at radius 3 is 2.83 bits per heavy atom. The van der Waals surface area contributed by atoms with E-state index in [0.717, 1.165) is 32.7 Å². The molecule has 6 nitrogen and oxygen atoms in total. The van der Waals surface area contributed by atoms with E-state index in [0.29, 0.717) is 17.5 Å². The predicted molar refractivity (Wildman–Crippen MR) is 116 cm³/mol. The number of benzene rings is 1. The van der Waals surface area contributed by atoms with E-state index >= 15 is 0 Å². The molecule has 0 saturated heterocycles. The number of carbonyl (C=O) groups is 1. The van der Waals surface area contributed by atoms with Gasteiger partial charge in [-0.05, 0) is 38.1 Å². The van der Waals surface area contributed by atoms with Crippen LogP contribution in [0.3, 0.4) is 0 Å². The van der Waals surface area contributed by atoms with E-state index in [2.05, 4.69) is 35.7 Å². The second-order valence-electron chi connectivity index (χ2n) is 6.61. The number of aromatic amines is 1. The zero-order chi connectivity index (χ0) is 20.4. The van der Waals surface area contributed by atoms with Crippen molar-refractivity contribution in [2.75, 3.05) is 5.75 Å². The largest absolute Gasteiger partial charge is 0.467 e. The van der Waals surface area contributed by atoms with Gasteiger partial charge in [-0.25, -0.2) is 4.98 Å². The van der Waals surface area contributed by atoms with Gasteiger partial charge in [0.15, 0.2) is 11.6 Å². The van der Waals surface area contributed by atoms with E-state index in [4.69, 9.17) is 4.42 Å². The van der Waals surface area contributed by atoms with Gasteiger partial charge in [-0.15, -0.1) is 5.10 Å². The molecule has 4 aromatic rings. The number of thioether (sulfide) groups is 1. The molecular formula is C21H19BrN4O2S. The van der Waals surface area contributed by atoms with Crippen molar-refractivity contribution in [1.29, 1.82) is 0 Å². The number of carbonyl (C=O) groups excluding carboxylic acids is 1. The minimum atomic E-state index is 0.0565. The van der Waals surface area contributed by atoms with Crippen LogP contribution in [0.5, 0.6) is 0 Å². The summed E-state index contributed by atoms with van der Waals surface area (Å²) in [5, 5.41) is 7.72. The number of ketones is 1. The van der Waals surface area contributed by atoms with Gasteiger partial charge in [-0.1, -0.05) is 45.9 Å². The van der Waals surface area contributed by atoms with Gasteiger partial charge in [0, 0.05) is 27.0 Å². The number of halogens is 1. The molecule has 3 aromatic heterocycles. The van der Waals surface area contributed by atoms with Crippen molar-refractivity contribution in [1.82, 2.24) is 19.7 Å². The van der Waals surface area contributed by atoms with E-state index in [1.54, 1.807) is 6.26 Å². The SMILES string of the molecule is Cc1cc(C(=O)CSc2n[nH]c(-c3ccccc3Br)n2)c(C)n1Cc1ccco1. The standard InChI is InChI=1S/C21H19BrN4O2S/c1-13-10-17(14(2)26(13)11-15-6-5-9-28-15)19(27)12-29-21-23-20(24-25-21)16-7-3-4-8-18(16)22/h3-10H,11-12H2,1-2H3,(H,23,24,25). The fourth-order valence-electron chi connectivity index (χ4n) is 3.18. The fraction of sp³-hybridized carbons (Fsp3) is 0.190. The Morgan fingerprint density at radius 2 is 2.07 bits per heavy atom. The molecule has 8 heteroatoms.